The summed E-state index contributed by atoms with van der Waals surface area (Å²) in [5, 5.41) is 4.97. The molecule has 1 aliphatic heterocycles. The van der Waals surface area contributed by atoms with Crippen LogP contribution in [-0.4, -0.2) is 22.5 Å². The molecule has 0 aromatic rings. The van der Waals surface area contributed by atoms with Gasteiger partial charge < -0.3 is 5.32 Å². The predicted octanol–water partition coefficient (Wildman–Crippen LogP) is 4.21. The van der Waals surface area contributed by atoms with Crippen molar-refractivity contribution in [2.75, 3.05) is 5.75 Å². The standard InChI is InChI=1S/C15H28N2S/c1-4-13(5-2)12(3)16-14-17-15(11-18-14)9-7-6-8-10-15/h12-13H,4-11H2,1-3H3,(H,16,17). The average molecular weight is 268 g/mol. The molecule has 3 heteroatoms. The minimum Gasteiger partial charge on any atom is -0.359 e. The van der Waals surface area contributed by atoms with E-state index in [1.807, 2.05) is 11.8 Å². The number of aliphatic imine (C=N–C) groups is 1. The minimum atomic E-state index is 0.398. The van der Waals surface area contributed by atoms with Crippen LogP contribution in [0.5, 0.6) is 0 Å². The summed E-state index contributed by atoms with van der Waals surface area (Å²) in [5.74, 6) is 1.98. The molecule has 1 saturated heterocycles. The molecule has 2 fully saturated rings. The first-order chi connectivity index (χ1) is 8.69. The van der Waals surface area contributed by atoms with Crippen molar-refractivity contribution in [2.24, 2.45) is 10.9 Å². The predicted molar refractivity (Wildman–Crippen MR) is 82.4 cm³/mol. The summed E-state index contributed by atoms with van der Waals surface area (Å²) in [7, 11) is 0. The van der Waals surface area contributed by atoms with Crippen LogP contribution in [0.15, 0.2) is 4.99 Å². The lowest BCUT2D eigenvalue weighted by molar-refractivity contribution is 0.303. The van der Waals surface area contributed by atoms with Gasteiger partial charge in [0.2, 0.25) is 0 Å². The minimum absolute atomic E-state index is 0.398. The van der Waals surface area contributed by atoms with E-state index in [0.29, 0.717) is 11.6 Å². The molecule has 104 valence electrons. The highest BCUT2D eigenvalue weighted by Crippen LogP contribution is 2.36. The lowest BCUT2D eigenvalue weighted by Crippen LogP contribution is -2.45. The van der Waals surface area contributed by atoms with Crippen molar-refractivity contribution in [3.63, 3.8) is 0 Å². The molecule has 0 aromatic heterocycles. The Morgan fingerprint density at radius 2 is 1.89 bits per heavy atom. The molecular formula is C15H28N2S. The fourth-order valence-corrected chi connectivity index (χ4v) is 4.64. The molecule has 1 unspecified atom stereocenters. The molecule has 1 N–H and O–H groups in total. The molecule has 1 atom stereocenters. The van der Waals surface area contributed by atoms with Gasteiger partial charge in [-0.2, -0.15) is 0 Å². The van der Waals surface area contributed by atoms with Crippen LogP contribution in [0.3, 0.4) is 0 Å². The summed E-state index contributed by atoms with van der Waals surface area (Å²) < 4.78 is 0. The molecular weight excluding hydrogens is 240 g/mol. The first-order valence-electron chi connectivity index (χ1n) is 7.68. The lowest BCUT2D eigenvalue weighted by Gasteiger charge is -2.32. The molecule has 18 heavy (non-hydrogen) atoms. The number of hydrogen-bond acceptors (Lipinski definition) is 2. The summed E-state index contributed by atoms with van der Waals surface area (Å²) in [6, 6.07) is 0.466. The third-order valence-corrected chi connectivity index (χ3v) is 5.90. The van der Waals surface area contributed by atoms with Crippen molar-refractivity contribution in [1.82, 2.24) is 5.32 Å². The second kappa shape index (κ2) is 6.31. The van der Waals surface area contributed by atoms with Crippen molar-refractivity contribution in [3.05, 3.63) is 0 Å². The topological polar surface area (TPSA) is 24.4 Å². The zero-order valence-corrected chi connectivity index (χ0v) is 13.0. The van der Waals surface area contributed by atoms with Gasteiger partial charge in [-0.15, -0.1) is 0 Å². The number of thioether (sulfide) groups is 1. The van der Waals surface area contributed by atoms with E-state index < -0.39 is 0 Å². The Morgan fingerprint density at radius 3 is 2.50 bits per heavy atom. The van der Waals surface area contributed by atoms with Gasteiger partial charge >= 0.3 is 0 Å². The molecule has 2 nitrogen and oxygen atoms in total. The number of nitrogens with zero attached hydrogens (tertiary/aromatic N) is 1. The van der Waals surface area contributed by atoms with Gasteiger partial charge in [-0.1, -0.05) is 57.7 Å². The normalized spacial score (nSPS) is 26.8. The zero-order valence-electron chi connectivity index (χ0n) is 12.2. The SMILES string of the molecule is CCC(CC)C(C)N=C1NC2(CCCCC2)CS1. The van der Waals surface area contributed by atoms with E-state index in [1.165, 1.54) is 55.9 Å². The van der Waals surface area contributed by atoms with Crippen LogP contribution in [0.2, 0.25) is 0 Å². The van der Waals surface area contributed by atoms with Gasteiger partial charge in [0.1, 0.15) is 0 Å². The van der Waals surface area contributed by atoms with Gasteiger partial charge in [0, 0.05) is 11.3 Å². The number of amidine groups is 1. The third kappa shape index (κ3) is 3.23. The maximum Gasteiger partial charge on any atom is 0.157 e. The summed E-state index contributed by atoms with van der Waals surface area (Å²) in [5.41, 5.74) is 0.398. The molecule has 2 rings (SSSR count). The average Bonchev–Trinajstić information content (AvgIpc) is 2.74. The van der Waals surface area contributed by atoms with Crippen molar-refractivity contribution in [3.8, 4) is 0 Å². The quantitative estimate of drug-likeness (QED) is 0.826. The number of rotatable bonds is 4. The van der Waals surface area contributed by atoms with E-state index in [1.54, 1.807) is 0 Å². The molecule has 0 aromatic carbocycles. The highest BCUT2D eigenvalue weighted by Gasteiger charge is 2.38. The van der Waals surface area contributed by atoms with Crippen molar-refractivity contribution >= 4 is 16.9 Å². The summed E-state index contributed by atoms with van der Waals surface area (Å²) >= 11 is 1.95. The van der Waals surface area contributed by atoms with Crippen LogP contribution in [-0.2, 0) is 0 Å². The van der Waals surface area contributed by atoms with Gasteiger partial charge in [0.15, 0.2) is 5.17 Å². The highest BCUT2D eigenvalue weighted by molar-refractivity contribution is 8.14. The molecule has 1 aliphatic carbocycles. The fourth-order valence-electron chi connectivity index (χ4n) is 3.33. The highest BCUT2D eigenvalue weighted by atomic mass is 32.2. The van der Waals surface area contributed by atoms with Gasteiger partial charge in [-0.25, -0.2) is 0 Å². The second-order valence-electron chi connectivity index (χ2n) is 6.01. The zero-order chi connectivity index (χ0) is 13.0. The van der Waals surface area contributed by atoms with Crippen LogP contribution in [0.4, 0.5) is 0 Å². The Kier molecular flexibility index (Phi) is 4.99. The Morgan fingerprint density at radius 1 is 1.22 bits per heavy atom. The van der Waals surface area contributed by atoms with E-state index in [9.17, 15) is 0 Å². The summed E-state index contributed by atoms with van der Waals surface area (Å²) in [6.45, 7) is 6.84. The van der Waals surface area contributed by atoms with Gasteiger partial charge in [0.05, 0.1) is 6.04 Å². The maximum absolute atomic E-state index is 4.94. The van der Waals surface area contributed by atoms with Crippen molar-refractivity contribution in [2.45, 2.75) is 77.3 Å². The number of hydrogen-bond donors (Lipinski definition) is 1. The van der Waals surface area contributed by atoms with Crippen LogP contribution >= 0.6 is 11.8 Å². The largest absolute Gasteiger partial charge is 0.359 e. The van der Waals surface area contributed by atoms with E-state index in [-0.39, 0.29) is 0 Å². The van der Waals surface area contributed by atoms with Crippen LogP contribution in [0, 0.1) is 5.92 Å². The molecule has 0 bridgehead atoms. The Hall–Kier alpha value is -0.180. The van der Waals surface area contributed by atoms with E-state index >= 15 is 0 Å². The van der Waals surface area contributed by atoms with Gasteiger partial charge in [-0.3, -0.25) is 4.99 Å². The van der Waals surface area contributed by atoms with Crippen molar-refractivity contribution in [1.29, 1.82) is 0 Å². The Balaban J connectivity index is 1.94. The molecule has 0 radical (unpaired) electrons. The molecule has 1 spiro atoms. The van der Waals surface area contributed by atoms with Gasteiger partial charge in [0.25, 0.3) is 0 Å². The van der Waals surface area contributed by atoms with Crippen molar-refractivity contribution < 1.29 is 0 Å². The fraction of sp³-hybridized carbons (Fsp3) is 0.933. The second-order valence-corrected chi connectivity index (χ2v) is 6.97. The van der Waals surface area contributed by atoms with Crippen LogP contribution in [0.25, 0.3) is 0 Å². The number of nitrogens with one attached hydrogen (secondary N) is 1. The summed E-state index contributed by atoms with van der Waals surface area (Å²) in [6.07, 6.45) is 9.38. The third-order valence-electron chi connectivity index (χ3n) is 4.72. The van der Waals surface area contributed by atoms with Crippen LogP contribution in [0.1, 0.15) is 65.7 Å². The first-order valence-corrected chi connectivity index (χ1v) is 8.66. The lowest BCUT2D eigenvalue weighted by atomic mass is 9.83. The summed E-state index contributed by atoms with van der Waals surface area (Å²) in [4.78, 5) is 4.94. The maximum atomic E-state index is 4.94. The smallest absolute Gasteiger partial charge is 0.157 e. The molecule has 1 saturated carbocycles. The molecule has 0 amide bonds. The van der Waals surface area contributed by atoms with E-state index in [4.69, 9.17) is 4.99 Å². The Labute approximate surface area is 116 Å². The monoisotopic (exact) mass is 268 g/mol. The van der Waals surface area contributed by atoms with E-state index in [0.717, 1.165) is 5.92 Å². The van der Waals surface area contributed by atoms with E-state index in [2.05, 4.69) is 26.1 Å². The first kappa shape index (κ1) is 14.2. The molecule has 2 aliphatic rings. The van der Waals surface area contributed by atoms with Crippen LogP contribution < -0.4 is 5.32 Å². The molecule has 1 heterocycles. The Bertz CT molecular complexity index is 291. The van der Waals surface area contributed by atoms with Gasteiger partial charge in [-0.05, 0) is 25.7 Å².